The zero-order valence-corrected chi connectivity index (χ0v) is 16.2. The van der Waals surface area contributed by atoms with Crippen LogP contribution in [0.2, 0.25) is 0 Å². The van der Waals surface area contributed by atoms with Gasteiger partial charge in [-0.3, -0.25) is 4.79 Å². The lowest BCUT2D eigenvalue weighted by Gasteiger charge is -2.22. The van der Waals surface area contributed by atoms with Crippen molar-refractivity contribution in [1.29, 1.82) is 0 Å². The van der Waals surface area contributed by atoms with Gasteiger partial charge in [-0.2, -0.15) is 0 Å². The monoisotopic (exact) mass is 442 g/mol. The lowest BCUT2D eigenvalue weighted by atomic mass is 10.2. The van der Waals surface area contributed by atoms with Gasteiger partial charge in [0.25, 0.3) is 0 Å². The van der Waals surface area contributed by atoms with E-state index in [1.807, 2.05) is 0 Å². The van der Waals surface area contributed by atoms with Crippen molar-refractivity contribution in [1.82, 2.24) is 9.62 Å². The van der Waals surface area contributed by atoms with E-state index >= 15 is 0 Å². The summed E-state index contributed by atoms with van der Waals surface area (Å²) in [6.45, 7) is 0.705. The molecule has 138 valence electrons. The Balaban J connectivity index is 1.66. The van der Waals surface area contributed by atoms with Gasteiger partial charge >= 0.3 is 0 Å². The Morgan fingerprint density at radius 1 is 1.19 bits per heavy atom. The van der Waals surface area contributed by atoms with Crippen LogP contribution in [0, 0.1) is 11.6 Å². The van der Waals surface area contributed by atoms with Gasteiger partial charge < -0.3 is 5.32 Å². The molecule has 0 spiro atoms. The summed E-state index contributed by atoms with van der Waals surface area (Å²) >= 11 is 3.22. The van der Waals surface area contributed by atoms with E-state index in [2.05, 4.69) is 21.2 Å². The minimum absolute atomic E-state index is 0.183. The fourth-order valence-corrected chi connectivity index (χ4v) is 4.79. The Morgan fingerprint density at radius 2 is 1.92 bits per heavy atom. The SMILES string of the molecule is O=C(NCc1cc(F)cc(Br)c1)C1CCCN1S(=O)c1ccc(F)cc1. The van der Waals surface area contributed by atoms with Crippen LogP contribution in [-0.2, 0) is 22.3 Å². The molecule has 0 aromatic heterocycles. The molecule has 1 fully saturated rings. The average Bonchev–Trinajstić information content (AvgIpc) is 3.08. The van der Waals surface area contributed by atoms with Crippen LogP contribution in [0.4, 0.5) is 8.78 Å². The highest BCUT2D eigenvalue weighted by Gasteiger charge is 2.34. The van der Waals surface area contributed by atoms with E-state index in [1.54, 1.807) is 10.4 Å². The Labute approximate surface area is 161 Å². The highest BCUT2D eigenvalue weighted by molar-refractivity contribution is 9.10. The van der Waals surface area contributed by atoms with Crippen LogP contribution in [0.5, 0.6) is 0 Å². The molecule has 1 heterocycles. The predicted molar refractivity (Wildman–Crippen MR) is 98.5 cm³/mol. The summed E-state index contributed by atoms with van der Waals surface area (Å²) in [6, 6.07) is 9.32. The number of hydrogen-bond acceptors (Lipinski definition) is 2. The van der Waals surface area contributed by atoms with Crippen molar-refractivity contribution in [2.75, 3.05) is 6.54 Å². The zero-order chi connectivity index (χ0) is 18.7. The minimum Gasteiger partial charge on any atom is -0.351 e. The number of halogens is 3. The maximum Gasteiger partial charge on any atom is 0.238 e. The third-order valence-corrected chi connectivity index (χ3v) is 6.12. The number of benzene rings is 2. The maximum atomic E-state index is 13.4. The van der Waals surface area contributed by atoms with Gasteiger partial charge in [-0.05, 0) is 60.9 Å². The number of hydrogen-bond donors (Lipinski definition) is 1. The molecule has 2 unspecified atom stereocenters. The molecule has 0 bridgehead atoms. The van der Waals surface area contributed by atoms with E-state index in [1.165, 1.54) is 36.4 Å². The topological polar surface area (TPSA) is 49.4 Å². The van der Waals surface area contributed by atoms with Crippen LogP contribution >= 0.6 is 15.9 Å². The fourth-order valence-electron chi connectivity index (χ4n) is 2.91. The van der Waals surface area contributed by atoms with Crippen molar-refractivity contribution in [2.24, 2.45) is 0 Å². The van der Waals surface area contributed by atoms with E-state index < -0.39 is 22.8 Å². The third kappa shape index (κ3) is 4.55. The minimum atomic E-state index is -1.53. The number of carbonyl (C=O) groups is 1. The highest BCUT2D eigenvalue weighted by atomic mass is 79.9. The smallest absolute Gasteiger partial charge is 0.238 e. The zero-order valence-electron chi connectivity index (χ0n) is 13.8. The molecule has 26 heavy (non-hydrogen) atoms. The summed E-state index contributed by atoms with van der Waals surface area (Å²) in [5.74, 6) is -1.04. The molecule has 8 heteroatoms. The lowest BCUT2D eigenvalue weighted by Crippen LogP contribution is -2.43. The first-order valence-corrected chi connectivity index (χ1v) is 10.0. The van der Waals surface area contributed by atoms with Crippen molar-refractivity contribution in [3.05, 3.63) is 64.1 Å². The van der Waals surface area contributed by atoms with Crippen LogP contribution in [0.15, 0.2) is 51.8 Å². The van der Waals surface area contributed by atoms with Gasteiger partial charge in [-0.25, -0.2) is 17.3 Å². The molecule has 1 amide bonds. The molecule has 2 atom stereocenters. The first-order valence-electron chi connectivity index (χ1n) is 8.11. The van der Waals surface area contributed by atoms with Crippen molar-refractivity contribution in [3.63, 3.8) is 0 Å². The molecular formula is C18H17BrF2N2O2S. The summed E-state index contributed by atoms with van der Waals surface area (Å²) in [6.07, 6.45) is 1.34. The average molecular weight is 443 g/mol. The molecule has 4 nitrogen and oxygen atoms in total. The second-order valence-corrected chi connectivity index (χ2v) is 8.35. The van der Waals surface area contributed by atoms with Crippen molar-refractivity contribution >= 4 is 32.8 Å². The van der Waals surface area contributed by atoms with Gasteiger partial charge in [0.2, 0.25) is 5.91 Å². The largest absolute Gasteiger partial charge is 0.351 e. The number of rotatable bonds is 5. The van der Waals surface area contributed by atoms with Crippen LogP contribution in [-0.4, -0.2) is 27.0 Å². The van der Waals surface area contributed by atoms with Crippen molar-refractivity contribution in [2.45, 2.75) is 30.3 Å². The Bertz CT molecular complexity index is 812. The normalized spacial score (nSPS) is 18.7. The fraction of sp³-hybridized carbons (Fsp3) is 0.278. The number of carbonyl (C=O) groups excluding carboxylic acids is 1. The van der Waals surface area contributed by atoms with Crippen LogP contribution in [0.25, 0.3) is 0 Å². The number of nitrogens with one attached hydrogen (secondary N) is 1. The molecule has 2 aromatic rings. The van der Waals surface area contributed by atoms with Crippen LogP contribution < -0.4 is 5.32 Å². The standard InChI is InChI=1S/C18H17BrF2N2O2S/c19-13-8-12(9-15(21)10-13)11-22-18(24)17-2-1-7-23(17)26(25)16-5-3-14(20)4-6-16/h3-6,8-10,17H,1-2,7,11H2,(H,22,24). The second-order valence-electron chi connectivity index (χ2n) is 6.00. The van der Waals surface area contributed by atoms with Gasteiger partial charge in [-0.1, -0.05) is 15.9 Å². The second kappa shape index (κ2) is 8.37. The molecule has 1 saturated heterocycles. The predicted octanol–water partition coefficient (Wildman–Crippen LogP) is 3.53. The summed E-state index contributed by atoms with van der Waals surface area (Å²) in [7, 11) is -1.53. The molecule has 0 saturated carbocycles. The number of nitrogens with zero attached hydrogens (tertiary/aromatic N) is 1. The van der Waals surface area contributed by atoms with Crippen LogP contribution in [0.3, 0.4) is 0 Å². The summed E-state index contributed by atoms with van der Waals surface area (Å²) in [4.78, 5) is 13.0. The molecule has 1 aliphatic heterocycles. The Hall–Kier alpha value is -1.64. The Morgan fingerprint density at radius 3 is 2.62 bits per heavy atom. The molecule has 0 radical (unpaired) electrons. The summed E-state index contributed by atoms with van der Waals surface area (Å²) in [5.41, 5.74) is 0.634. The Kier molecular flexibility index (Phi) is 6.16. The summed E-state index contributed by atoms with van der Waals surface area (Å²) < 4.78 is 41.4. The van der Waals surface area contributed by atoms with Gasteiger partial charge in [0, 0.05) is 17.6 Å². The van der Waals surface area contributed by atoms with E-state index in [9.17, 15) is 17.8 Å². The van der Waals surface area contributed by atoms with Gasteiger partial charge in [0.15, 0.2) is 0 Å². The molecule has 0 aliphatic carbocycles. The van der Waals surface area contributed by atoms with Gasteiger partial charge in [-0.15, -0.1) is 0 Å². The first-order chi connectivity index (χ1) is 12.4. The van der Waals surface area contributed by atoms with E-state index in [-0.39, 0.29) is 18.3 Å². The molecule has 1 aliphatic rings. The van der Waals surface area contributed by atoms with Crippen molar-refractivity contribution < 1.29 is 17.8 Å². The number of amides is 1. The highest BCUT2D eigenvalue weighted by Crippen LogP contribution is 2.24. The first kappa shape index (κ1) is 19.1. The van der Waals surface area contributed by atoms with Gasteiger partial charge in [0.1, 0.15) is 28.7 Å². The lowest BCUT2D eigenvalue weighted by molar-refractivity contribution is -0.124. The molecule has 2 aromatic carbocycles. The van der Waals surface area contributed by atoms with Crippen molar-refractivity contribution in [3.8, 4) is 0 Å². The molecule has 1 N–H and O–H groups in total. The van der Waals surface area contributed by atoms with E-state index in [0.717, 1.165) is 6.42 Å². The molecule has 3 rings (SSSR count). The maximum absolute atomic E-state index is 13.4. The van der Waals surface area contributed by atoms with Gasteiger partial charge in [0.05, 0.1) is 4.90 Å². The summed E-state index contributed by atoms with van der Waals surface area (Å²) in [5, 5.41) is 2.78. The quantitative estimate of drug-likeness (QED) is 0.769. The van der Waals surface area contributed by atoms with E-state index in [0.29, 0.717) is 27.9 Å². The molecular weight excluding hydrogens is 426 g/mol. The third-order valence-electron chi connectivity index (χ3n) is 4.12. The van der Waals surface area contributed by atoms with Crippen LogP contribution in [0.1, 0.15) is 18.4 Å². The van der Waals surface area contributed by atoms with E-state index in [4.69, 9.17) is 0 Å².